The Balaban J connectivity index is 1.76. The molecule has 1 aromatic rings. The van der Waals surface area contributed by atoms with E-state index in [2.05, 4.69) is 9.80 Å². The minimum Gasteiger partial charge on any atom is -0.396 e. The number of hydrogen-bond acceptors (Lipinski definition) is 5. The molecule has 0 saturated carbocycles. The van der Waals surface area contributed by atoms with Crippen molar-refractivity contribution in [1.82, 2.24) is 9.80 Å². The summed E-state index contributed by atoms with van der Waals surface area (Å²) in [6, 6.07) is 4.37. The third-order valence-electron chi connectivity index (χ3n) is 4.00. The maximum absolute atomic E-state index is 13.1. The van der Waals surface area contributed by atoms with Crippen LogP contribution in [0.2, 0.25) is 0 Å². The van der Waals surface area contributed by atoms with Gasteiger partial charge in [-0.15, -0.1) is 0 Å². The summed E-state index contributed by atoms with van der Waals surface area (Å²) in [5.41, 5.74) is 6.25. The Morgan fingerprint density at radius 2 is 1.76 bits per heavy atom. The number of piperazine rings is 1. The third kappa shape index (κ3) is 4.64. The van der Waals surface area contributed by atoms with Gasteiger partial charge in [0.15, 0.2) is 0 Å². The first kappa shape index (κ1) is 16.2. The van der Waals surface area contributed by atoms with Crippen LogP contribution in [0.15, 0.2) is 18.2 Å². The van der Waals surface area contributed by atoms with Crippen molar-refractivity contribution in [3.8, 4) is 0 Å². The predicted octanol–water partition coefficient (Wildman–Crippen LogP) is 0.441. The minimum absolute atomic E-state index is 0.0733. The Morgan fingerprint density at radius 1 is 1.14 bits per heavy atom. The molecule has 1 aromatic carbocycles. The first-order valence-electron chi connectivity index (χ1n) is 7.38. The predicted molar refractivity (Wildman–Crippen MR) is 80.4 cm³/mol. The van der Waals surface area contributed by atoms with E-state index >= 15 is 0 Å². The number of aliphatic hydroxyl groups excluding tert-OH is 2. The SMILES string of the molecule is Nc1cc(C(O)CCN2CCN(CCO)CC2)ccc1F. The van der Waals surface area contributed by atoms with Crippen molar-refractivity contribution >= 4 is 5.69 Å². The fourth-order valence-electron chi connectivity index (χ4n) is 2.62. The lowest BCUT2D eigenvalue weighted by Crippen LogP contribution is -2.47. The van der Waals surface area contributed by atoms with Gasteiger partial charge >= 0.3 is 0 Å². The van der Waals surface area contributed by atoms with Gasteiger partial charge < -0.3 is 20.8 Å². The van der Waals surface area contributed by atoms with Crippen LogP contribution in [0.1, 0.15) is 18.1 Å². The highest BCUT2D eigenvalue weighted by atomic mass is 19.1. The highest BCUT2D eigenvalue weighted by Crippen LogP contribution is 2.21. The van der Waals surface area contributed by atoms with E-state index in [0.29, 0.717) is 12.0 Å². The van der Waals surface area contributed by atoms with E-state index in [4.69, 9.17) is 10.8 Å². The van der Waals surface area contributed by atoms with E-state index in [1.807, 2.05) is 0 Å². The van der Waals surface area contributed by atoms with Crippen molar-refractivity contribution < 1.29 is 14.6 Å². The summed E-state index contributed by atoms with van der Waals surface area (Å²) in [6.07, 6.45) is -0.0196. The van der Waals surface area contributed by atoms with Gasteiger partial charge in [-0.1, -0.05) is 6.07 Å². The standard InChI is InChI=1S/C15H24FN3O2/c16-13-2-1-12(11-14(13)17)15(21)3-4-18-5-7-19(8-6-18)9-10-20/h1-2,11,15,20-21H,3-10,17H2. The van der Waals surface area contributed by atoms with Gasteiger partial charge in [-0.05, 0) is 24.1 Å². The zero-order valence-electron chi connectivity index (χ0n) is 12.2. The summed E-state index contributed by atoms with van der Waals surface area (Å²) in [4.78, 5) is 4.53. The number of nitrogens with zero attached hydrogens (tertiary/aromatic N) is 2. The topological polar surface area (TPSA) is 73.0 Å². The summed E-state index contributed by atoms with van der Waals surface area (Å²) < 4.78 is 13.1. The molecule has 1 saturated heterocycles. The lowest BCUT2D eigenvalue weighted by atomic mass is 10.1. The number of hydrogen-bond donors (Lipinski definition) is 3. The summed E-state index contributed by atoms with van der Waals surface area (Å²) >= 11 is 0. The van der Waals surface area contributed by atoms with Crippen molar-refractivity contribution in [2.75, 3.05) is 51.6 Å². The van der Waals surface area contributed by atoms with Crippen LogP contribution in [0.4, 0.5) is 10.1 Å². The van der Waals surface area contributed by atoms with E-state index in [1.54, 1.807) is 6.07 Å². The van der Waals surface area contributed by atoms with E-state index in [1.165, 1.54) is 12.1 Å². The number of nitrogens with two attached hydrogens (primary N) is 1. The molecule has 0 amide bonds. The zero-order valence-corrected chi connectivity index (χ0v) is 12.2. The maximum Gasteiger partial charge on any atom is 0.146 e. The van der Waals surface area contributed by atoms with Crippen LogP contribution in [0, 0.1) is 5.82 Å². The van der Waals surface area contributed by atoms with Gasteiger partial charge in [-0.3, -0.25) is 4.90 Å². The monoisotopic (exact) mass is 297 g/mol. The van der Waals surface area contributed by atoms with Gasteiger partial charge in [0.2, 0.25) is 0 Å². The molecule has 1 aliphatic heterocycles. The van der Waals surface area contributed by atoms with Crippen LogP contribution >= 0.6 is 0 Å². The molecule has 6 heteroatoms. The highest BCUT2D eigenvalue weighted by molar-refractivity contribution is 5.43. The van der Waals surface area contributed by atoms with Crippen molar-refractivity contribution in [2.45, 2.75) is 12.5 Å². The van der Waals surface area contributed by atoms with Crippen LogP contribution < -0.4 is 5.73 Å². The van der Waals surface area contributed by atoms with E-state index in [9.17, 15) is 9.50 Å². The first-order chi connectivity index (χ1) is 10.1. The van der Waals surface area contributed by atoms with Gasteiger partial charge in [0.25, 0.3) is 0 Å². The summed E-state index contributed by atoms with van der Waals surface area (Å²) in [5.74, 6) is -0.453. The molecule has 1 heterocycles. The van der Waals surface area contributed by atoms with Crippen molar-refractivity contribution in [3.63, 3.8) is 0 Å². The molecule has 0 aliphatic carbocycles. The molecule has 0 spiro atoms. The molecule has 1 atom stereocenters. The molecular weight excluding hydrogens is 273 g/mol. The molecule has 4 N–H and O–H groups in total. The zero-order chi connectivity index (χ0) is 15.2. The fraction of sp³-hybridized carbons (Fsp3) is 0.600. The van der Waals surface area contributed by atoms with Crippen molar-refractivity contribution in [3.05, 3.63) is 29.6 Å². The normalized spacial score (nSPS) is 18.8. The highest BCUT2D eigenvalue weighted by Gasteiger charge is 2.17. The molecular formula is C15H24FN3O2. The lowest BCUT2D eigenvalue weighted by Gasteiger charge is -2.34. The smallest absolute Gasteiger partial charge is 0.146 e. The van der Waals surface area contributed by atoms with Gasteiger partial charge in [-0.2, -0.15) is 0 Å². The molecule has 0 bridgehead atoms. The van der Waals surface area contributed by atoms with Crippen LogP contribution in [-0.2, 0) is 0 Å². The van der Waals surface area contributed by atoms with Crippen LogP contribution in [-0.4, -0.2) is 65.9 Å². The quantitative estimate of drug-likeness (QED) is 0.665. The molecule has 0 aromatic heterocycles. The number of benzene rings is 1. The largest absolute Gasteiger partial charge is 0.396 e. The molecule has 1 fully saturated rings. The molecule has 21 heavy (non-hydrogen) atoms. The third-order valence-corrected chi connectivity index (χ3v) is 4.00. The van der Waals surface area contributed by atoms with Crippen molar-refractivity contribution in [1.29, 1.82) is 0 Å². The number of anilines is 1. The molecule has 1 unspecified atom stereocenters. The van der Waals surface area contributed by atoms with Gasteiger partial charge in [0, 0.05) is 39.3 Å². The van der Waals surface area contributed by atoms with Gasteiger partial charge in [-0.25, -0.2) is 4.39 Å². The lowest BCUT2D eigenvalue weighted by molar-refractivity contribution is 0.0924. The summed E-state index contributed by atoms with van der Waals surface area (Å²) in [7, 11) is 0. The number of nitrogen functional groups attached to an aromatic ring is 1. The summed E-state index contributed by atoms with van der Waals surface area (Å²) in [6.45, 7) is 5.50. The average molecular weight is 297 g/mol. The van der Waals surface area contributed by atoms with Gasteiger partial charge in [0.1, 0.15) is 5.82 Å². The van der Waals surface area contributed by atoms with Crippen LogP contribution in [0.3, 0.4) is 0 Å². The van der Waals surface area contributed by atoms with Crippen LogP contribution in [0.5, 0.6) is 0 Å². The Bertz CT molecular complexity index is 451. The fourth-order valence-corrected chi connectivity index (χ4v) is 2.62. The Kier molecular flexibility index (Phi) is 5.93. The number of halogens is 1. The second-order valence-corrected chi connectivity index (χ2v) is 5.49. The second-order valence-electron chi connectivity index (χ2n) is 5.49. The number of β-amino-alcohol motifs (C(OH)–C–C–N with tert-alkyl or cyclic N) is 1. The Labute approximate surface area is 124 Å². The van der Waals surface area contributed by atoms with E-state index in [0.717, 1.165) is 39.3 Å². The second kappa shape index (κ2) is 7.70. The van der Waals surface area contributed by atoms with Crippen molar-refractivity contribution in [2.24, 2.45) is 0 Å². The average Bonchev–Trinajstić information content (AvgIpc) is 2.49. The van der Waals surface area contributed by atoms with E-state index in [-0.39, 0.29) is 12.3 Å². The number of aliphatic hydroxyl groups is 2. The Morgan fingerprint density at radius 3 is 2.33 bits per heavy atom. The first-order valence-corrected chi connectivity index (χ1v) is 7.38. The molecule has 1 aliphatic rings. The van der Waals surface area contributed by atoms with E-state index < -0.39 is 11.9 Å². The Hall–Kier alpha value is -1.21. The molecule has 2 rings (SSSR count). The number of rotatable bonds is 6. The minimum atomic E-state index is -0.622. The van der Waals surface area contributed by atoms with Crippen LogP contribution in [0.25, 0.3) is 0 Å². The maximum atomic E-state index is 13.1. The van der Waals surface area contributed by atoms with Gasteiger partial charge in [0.05, 0.1) is 18.4 Å². The molecule has 0 radical (unpaired) electrons. The summed E-state index contributed by atoms with van der Waals surface area (Å²) in [5, 5.41) is 19.1. The molecule has 118 valence electrons. The molecule has 5 nitrogen and oxygen atoms in total.